The summed E-state index contributed by atoms with van der Waals surface area (Å²) in [4.78, 5) is 28.2. The van der Waals surface area contributed by atoms with Gasteiger partial charge < -0.3 is 10.4 Å². The van der Waals surface area contributed by atoms with Gasteiger partial charge in [-0.15, -0.1) is 0 Å². The number of phenolic OH excluding ortho intramolecular Hbond substituents is 1. The number of rotatable bonds is 5. The van der Waals surface area contributed by atoms with Crippen LogP contribution in [0.4, 0.5) is 5.69 Å². The van der Waals surface area contributed by atoms with E-state index in [9.17, 15) is 9.90 Å². The lowest BCUT2D eigenvalue weighted by Gasteiger charge is -2.06. The van der Waals surface area contributed by atoms with Crippen LogP contribution in [0.2, 0.25) is 0 Å². The Kier molecular flexibility index (Phi) is 4.71. The van der Waals surface area contributed by atoms with Crippen molar-refractivity contribution in [3.63, 3.8) is 0 Å². The summed E-state index contributed by atoms with van der Waals surface area (Å²) in [5.74, 6) is 0.497. The maximum Gasteiger partial charge on any atom is 0.224 e. The molecule has 3 rings (SSSR count). The van der Waals surface area contributed by atoms with Gasteiger partial charge in [0.1, 0.15) is 12.1 Å². The van der Waals surface area contributed by atoms with Crippen LogP contribution in [0.1, 0.15) is 12.0 Å². The van der Waals surface area contributed by atoms with Crippen molar-refractivity contribution in [2.45, 2.75) is 12.8 Å². The molecule has 0 bridgehead atoms. The second-order valence-electron chi connectivity index (χ2n) is 5.14. The molecule has 120 valence electrons. The third-order valence-electron chi connectivity index (χ3n) is 3.29. The van der Waals surface area contributed by atoms with Crippen molar-refractivity contribution in [1.29, 1.82) is 0 Å². The molecule has 7 nitrogen and oxygen atoms in total. The van der Waals surface area contributed by atoms with E-state index in [-0.39, 0.29) is 11.7 Å². The highest BCUT2D eigenvalue weighted by atomic mass is 16.3. The molecule has 1 amide bonds. The maximum atomic E-state index is 11.9. The zero-order chi connectivity index (χ0) is 16.8. The van der Waals surface area contributed by atoms with Gasteiger partial charge in [0.25, 0.3) is 0 Å². The molecule has 2 heterocycles. The summed E-state index contributed by atoms with van der Waals surface area (Å²) in [7, 11) is 0. The molecule has 0 aliphatic carbocycles. The Balaban J connectivity index is 1.58. The van der Waals surface area contributed by atoms with Crippen molar-refractivity contribution in [2.24, 2.45) is 0 Å². The lowest BCUT2D eigenvalue weighted by atomic mass is 10.2. The molecular formula is C17H15N5O2. The number of hydrogen-bond acceptors (Lipinski definition) is 6. The standard InChI is InChI=1S/C17H15N5O2/c23-15-3-1-2-13(6-15)17-20-9-14(10-21-17)22-16(24)5-4-12-7-18-11-19-8-12/h1-3,6-11,23H,4-5H2,(H,22,24). The number of carbonyl (C=O) groups is 1. The highest BCUT2D eigenvalue weighted by Gasteiger charge is 2.06. The van der Waals surface area contributed by atoms with Crippen molar-refractivity contribution in [3.8, 4) is 17.1 Å². The molecule has 0 saturated carbocycles. The van der Waals surface area contributed by atoms with Crippen molar-refractivity contribution in [3.05, 3.63) is 60.9 Å². The number of amides is 1. The molecule has 3 aromatic rings. The molecule has 0 atom stereocenters. The van der Waals surface area contributed by atoms with Gasteiger partial charge >= 0.3 is 0 Å². The Morgan fingerprint density at radius 3 is 2.54 bits per heavy atom. The van der Waals surface area contributed by atoms with E-state index in [1.807, 2.05) is 0 Å². The molecule has 2 aromatic heterocycles. The Hall–Kier alpha value is -3.35. The smallest absolute Gasteiger partial charge is 0.224 e. The Bertz CT molecular complexity index is 822. The van der Waals surface area contributed by atoms with Gasteiger partial charge in [0.05, 0.1) is 18.1 Å². The van der Waals surface area contributed by atoms with E-state index in [4.69, 9.17) is 0 Å². The van der Waals surface area contributed by atoms with E-state index in [0.717, 1.165) is 5.56 Å². The molecule has 0 saturated heterocycles. The molecule has 24 heavy (non-hydrogen) atoms. The van der Waals surface area contributed by atoms with E-state index in [0.29, 0.717) is 29.9 Å². The Morgan fingerprint density at radius 2 is 1.83 bits per heavy atom. The number of benzene rings is 1. The predicted molar refractivity (Wildman–Crippen MR) is 88.1 cm³/mol. The fourth-order valence-electron chi connectivity index (χ4n) is 2.13. The number of nitrogens with one attached hydrogen (secondary N) is 1. The molecule has 0 spiro atoms. The zero-order valence-electron chi connectivity index (χ0n) is 12.8. The van der Waals surface area contributed by atoms with Gasteiger partial charge in [-0.25, -0.2) is 19.9 Å². The summed E-state index contributed by atoms with van der Waals surface area (Å²) >= 11 is 0. The topological polar surface area (TPSA) is 101 Å². The summed E-state index contributed by atoms with van der Waals surface area (Å²) in [6.07, 6.45) is 8.79. The lowest BCUT2D eigenvalue weighted by molar-refractivity contribution is -0.116. The molecule has 7 heteroatoms. The minimum Gasteiger partial charge on any atom is -0.508 e. The van der Waals surface area contributed by atoms with Gasteiger partial charge in [-0.3, -0.25) is 4.79 Å². The molecule has 1 aromatic carbocycles. The second-order valence-corrected chi connectivity index (χ2v) is 5.14. The molecule has 0 aliphatic heterocycles. The summed E-state index contributed by atoms with van der Waals surface area (Å²) in [6.45, 7) is 0. The van der Waals surface area contributed by atoms with Crippen molar-refractivity contribution >= 4 is 11.6 Å². The number of phenols is 1. The monoisotopic (exact) mass is 321 g/mol. The number of nitrogens with zero attached hydrogens (tertiary/aromatic N) is 4. The average molecular weight is 321 g/mol. The van der Waals surface area contributed by atoms with E-state index < -0.39 is 0 Å². The lowest BCUT2D eigenvalue weighted by Crippen LogP contribution is -2.13. The molecule has 0 fully saturated rings. The van der Waals surface area contributed by atoms with E-state index in [1.54, 1.807) is 36.7 Å². The average Bonchev–Trinajstić information content (AvgIpc) is 2.61. The minimum atomic E-state index is -0.132. The van der Waals surface area contributed by atoms with Gasteiger partial charge in [-0.1, -0.05) is 12.1 Å². The van der Waals surface area contributed by atoms with Crippen LogP contribution in [-0.2, 0) is 11.2 Å². The summed E-state index contributed by atoms with van der Waals surface area (Å²) in [6, 6.07) is 6.68. The number of aryl methyl sites for hydroxylation is 1. The third kappa shape index (κ3) is 4.10. The van der Waals surface area contributed by atoms with Crippen molar-refractivity contribution in [1.82, 2.24) is 19.9 Å². The van der Waals surface area contributed by atoms with Crippen LogP contribution >= 0.6 is 0 Å². The highest BCUT2D eigenvalue weighted by Crippen LogP contribution is 2.20. The van der Waals surface area contributed by atoms with Gasteiger partial charge in [-0.2, -0.15) is 0 Å². The van der Waals surface area contributed by atoms with Crippen LogP contribution in [0.5, 0.6) is 5.75 Å². The van der Waals surface area contributed by atoms with Crippen LogP contribution in [0.25, 0.3) is 11.4 Å². The number of carbonyl (C=O) groups excluding carboxylic acids is 1. The minimum absolute atomic E-state index is 0.132. The number of anilines is 1. The van der Waals surface area contributed by atoms with Crippen LogP contribution < -0.4 is 5.32 Å². The first-order valence-corrected chi connectivity index (χ1v) is 7.36. The van der Waals surface area contributed by atoms with Crippen LogP contribution in [0, 0.1) is 0 Å². The summed E-state index contributed by atoms with van der Waals surface area (Å²) in [5.41, 5.74) is 2.13. The van der Waals surface area contributed by atoms with Crippen LogP contribution in [0.15, 0.2) is 55.4 Å². The summed E-state index contributed by atoms with van der Waals surface area (Å²) < 4.78 is 0. The first-order valence-electron chi connectivity index (χ1n) is 7.36. The quantitative estimate of drug-likeness (QED) is 0.747. The van der Waals surface area contributed by atoms with Crippen LogP contribution in [-0.4, -0.2) is 30.9 Å². The van der Waals surface area contributed by atoms with E-state index >= 15 is 0 Å². The second kappa shape index (κ2) is 7.28. The molecule has 0 unspecified atom stereocenters. The molecule has 0 radical (unpaired) electrons. The van der Waals surface area contributed by atoms with Crippen LogP contribution in [0.3, 0.4) is 0 Å². The highest BCUT2D eigenvalue weighted by molar-refractivity contribution is 5.90. The van der Waals surface area contributed by atoms with E-state index in [2.05, 4.69) is 25.3 Å². The zero-order valence-corrected chi connectivity index (χ0v) is 12.8. The van der Waals surface area contributed by atoms with Gasteiger partial charge in [0.15, 0.2) is 5.82 Å². The van der Waals surface area contributed by atoms with Gasteiger partial charge in [0, 0.05) is 24.4 Å². The number of aromatic nitrogens is 4. The Labute approximate surface area is 138 Å². The number of hydrogen-bond donors (Lipinski definition) is 2. The first-order chi connectivity index (χ1) is 11.7. The first kappa shape index (κ1) is 15.5. The SMILES string of the molecule is O=C(CCc1cncnc1)Nc1cnc(-c2cccc(O)c2)nc1. The molecular weight excluding hydrogens is 306 g/mol. The van der Waals surface area contributed by atoms with Gasteiger partial charge in [-0.05, 0) is 24.1 Å². The normalized spacial score (nSPS) is 10.3. The predicted octanol–water partition coefficient (Wildman–Crippen LogP) is 2.21. The molecule has 2 N–H and O–H groups in total. The fraction of sp³-hybridized carbons (Fsp3) is 0.118. The third-order valence-corrected chi connectivity index (χ3v) is 3.29. The van der Waals surface area contributed by atoms with Crippen molar-refractivity contribution < 1.29 is 9.90 Å². The molecule has 0 aliphatic rings. The number of aromatic hydroxyl groups is 1. The fourth-order valence-corrected chi connectivity index (χ4v) is 2.13. The van der Waals surface area contributed by atoms with Gasteiger partial charge in [0.2, 0.25) is 5.91 Å². The van der Waals surface area contributed by atoms with Crippen molar-refractivity contribution in [2.75, 3.05) is 5.32 Å². The van der Waals surface area contributed by atoms with E-state index in [1.165, 1.54) is 18.7 Å². The largest absolute Gasteiger partial charge is 0.508 e. The maximum absolute atomic E-state index is 11.9. The Morgan fingerprint density at radius 1 is 1.08 bits per heavy atom. The summed E-state index contributed by atoms with van der Waals surface area (Å²) in [5, 5.41) is 12.2.